The number of anilines is 2. The molecule has 1 N–H and O–H groups in total. The van der Waals surface area contributed by atoms with Crippen LogP contribution in [0.4, 0.5) is 11.5 Å². The Hall–Kier alpha value is -2.53. The van der Waals surface area contributed by atoms with E-state index in [0.29, 0.717) is 12.1 Å². The zero-order valence-corrected chi connectivity index (χ0v) is 14.7. The van der Waals surface area contributed by atoms with Crippen LogP contribution < -0.4 is 9.80 Å². The molecule has 6 rings (SSSR count). The van der Waals surface area contributed by atoms with Crippen LogP contribution in [0.1, 0.15) is 17.7 Å². The van der Waals surface area contributed by atoms with E-state index in [1.807, 2.05) is 6.20 Å². The van der Waals surface area contributed by atoms with E-state index in [1.54, 1.807) is 0 Å². The van der Waals surface area contributed by atoms with Gasteiger partial charge in [-0.3, -0.25) is 0 Å². The lowest BCUT2D eigenvalue weighted by Crippen LogP contribution is -2.37. The third-order valence-corrected chi connectivity index (χ3v) is 6.17. The minimum absolute atomic E-state index is 0.406. The zero-order chi connectivity index (χ0) is 17.1. The summed E-state index contributed by atoms with van der Waals surface area (Å²) in [5.74, 6) is 1.09. The predicted octanol–water partition coefficient (Wildman–Crippen LogP) is 3.10. The van der Waals surface area contributed by atoms with Gasteiger partial charge in [-0.25, -0.2) is 4.98 Å². The van der Waals surface area contributed by atoms with Crippen molar-refractivity contribution in [3.63, 3.8) is 0 Å². The van der Waals surface area contributed by atoms with Gasteiger partial charge in [-0.15, -0.1) is 0 Å². The standard InChI is InChI=1S/C21H22N4O/c1-2-4-19-17(3-1)18-7-8-24(12-20(18)23-19)14-5-6-21(22-10-14)25-11-16-9-15(25)13-26-16/h1-6,10,15-16,23H,7-9,11-13H2/t15-,16-/m0/s1. The molecule has 5 heterocycles. The van der Waals surface area contributed by atoms with Gasteiger partial charge in [-0.05, 0) is 36.6 Å². The summed E-state index contributed by atoms with van der Waals surface area (Å²) in [5, 5.41) is 1.38. The van der Waals surface area contributed by atoms with Gasteiger partial charge in [0.1, 0.15) is 5.82 Å². The lowest BCUT2D eigenvalue weighted by Gasteiger charge is -2.30. The van der Waals surface area contributed by atoms with Crippen LogP contribution in [0.5, 0.6) is 0 Å². The minimum atomic E-state index is 0.406. The van der Waals surface area contributed by atoms with Gasteiger partial charge >= 0.3 is 0 Å². The Bertz CT molecular complexity index is 964. The van der Waals surface area contributed by atoms with E-state index in [-0.39, 0.29) is 0 Å². The van der Waals surface area contributed by atoms with Gasteiger partial charge in [0.2, 0.25) is 0 Å². The van der Waals surface area contributed by atoms with Crippen molar-refractivity contribution < 1.29 is 4.74 Å². The molecule has 0 unspecified atom stereocenters. The second-order valence-corrected chi connectivity index (χ2v) is 7.67. The van der Waals surface area contributed by atoms with Crippen LogP contribution in [0.3, 0.4) is 0 Å². The smallest absolute Gasteiger partial charge is 0.129 e. The van der Waals surface area contributed by atoms with Crippen LogP contribution in [0.15, 0.2) is 42.6 Å². The molecule has 0 amide bonds. The fourth-order valence-corrected chi connectivity index (χ4v) is 4.83. The number of H-pyrrole nitrogens is 1. The Labute approximate surface area is 152 Å². The maximum absolute atomic E-state index is 5.70. The van der Waals surface area contributed by atoms with Crippen LogP contribution in [0.2, 0.25) is 0 Å². The molecule has 2 fully saturated rings. The summed E-state index contributed by atoms with van der Waals surface area (Å²) in [6.45, 7) is 3.80. The Balaban J connectivity index is 1.25. The van der Waals surface area contributed by atoms with E-state index < -0.39 is 0 Å². The van der Waals surface area contributed by atoms with Gasteiger partial charge in [0.25, 0.3) is 0 Å². The molecule has 0 spiro atoms. The second kappa shape index (κ2) is 5.48. The molecule has 3 aliphatic heterocycles. The number of para-hydroxylation sites is 1. The molecule has 3 aliphatic rings. The summed E-state index contributed by atoms with van der Waals surface area (Å²) in [5.41, 5.74) is 5.28. The summed E-state index contributed by atoms with van der Waals surface area (Å²) in [4.78, 5) is 13.2. The Morgan fingerprint density at radius 3 is 2.92 bits per heavy atom. The summed E-state index contributed by atoms with van der Waals surface area (Å²) in [7, 11) is 0. The minimum Gasteiger partial charge on any atom is -0.374 e. The number of hydrogen-bond donors (Lipinski definition) is 1. The van der Waals surface area contributed by atoms with Crippen LogP contribution >= 0.6 is 0 Å². The summed E-state index contributed by atoms with van der Waals surface area (Å²) < 4.78 is 5.70. The van der Waals surface area contributed by atoms with Crippen molar-refractivity contribution >= 4 is 22.4 Å². The molecule has 5 heteroatoms. The van der Waals surface area contributed by atoms with E-state index in [9.17, 15) is 0 Å². The lowest BCUT2D eigenvalue weighted by molar-refractivity contribution is 0.0989. The largest absolute Gasteiger partial charge is 0.374 e. The molecular formula is C21H22N4O. The lowest BCUT2D eigenvalue weighted by atomic mass is 10.0. The number of fused-ring (bicyclic) bond motifs is 5. The molecule has 132 valence electrons. The average Bonchev–Trinajstić information content (AvgIpc) is 3.41. The third kappa shape index (κ3) is 2.16. The molecule has 2 aromatic heterocycles. The molecular weight excluding hydrogens is 324 g/mol. The Kier molecular flexibility index (Phi) is 3.08. The third-order valence-electron chi connectivity index (χ3n) is 6.17. The SMILES string of the molecule is c1ccc2c3c([nH]c2c1)CN(c1ccc(N2C[C@@H]4C[C@H]2CO4)nc1)CC3. The van der Waals surface area contributed by atoms with E-state index >= 15 is 0 Å². The summed E-state index contributed by atoms with van der Waals surface area (Å²) in [6, 6.07) is 13.5. The maximum atomic E-state index is 5.70. The first-order chi connectivity index (χ1) is 12.8. The van der Waals surface area contributed by atoms with Crippen LogP contribution in [-0.4, -0.2) is 41.8 Å². The molecule has 2 bridgehead atoms. The number of hydrogen-bond acceptors (Lipinski definition) is 4. The number of rotatable bonds is 2. The molecule has 0 aliphatic carbocycles. The van der Waals surface area contributed by atoms with Gasteiger partial charge in [0, 0.05) is 29.7 Å². The predicted molar refractivity (Wildman–Crippen MR) is 103 cm³/mol. The molecule has 2 atom stereocenters. The molecule has 1 aromatic carbocycles. The first kappa shape index (κ1) is 14.6. The van der Waals surface area contributed by atoms with E-state index in [0.717, 1.165) is 44.9 Å². The number of pyridine rings is 1. The molecule has 26 heavy (non-hydrogen) atoms. The van der Waals surface area contributed by atoms with Crippen molar-refractivity contribution in [2.45, 2.75) is 31.5 Å². The van der Waals surface area contributed by atoms with Crippen LogP contribution in [0.25, 0.3) is 10.9 Å². The number of nitrogens with zero attached hydrogens (tertiary/aromatic N) is 3. The van der Waals surface area contributed by atoms with Crippen molar-refractivity contribution in [1.82, 2.24) is 9.97 Å². The van der Waals surface area contributed by atoms with Crippen molar-refractivity contribution in [1.29, 1.82) is 0 Å². The Morgan fingerprint density at radius 2 is 2.12 bits per heavy atom. The second-order valence-electron chi connectivity index (χ2n) is 7.67. The highest BCUT2D eigenvalue weighted by Crippen LogP contribution is 2.33. The van der Waals surface area contributed by atoms with Gasteiger partial charge in [-0.1, -0.05) is 18.2 Å². The number of aromatic nitrogens is 2. The monoisotopic (exact) mass is 346 g/mol. The maximum Gasteiger partial charge on any atom is 0.129 e. The van der Waals surface area contributed by atoms with E-state index in [4.69, 9.17) is 9.72 Å². The van der Waals surface area contributed by atoms with E-state index in [1.165, 1.54) is 27.8 Å². The number of aromatic amines is 1. The zero-order valence-electron chi connectivity index (χ0n) is 14.7. The number of nitrogens with one attached hydrogen (secondary N) is 1. The molecule has 0 saturated carbocycles. The Morgan fingerprint density at radius 1 is 1.15 bits per heavy atom. The molecule has 2 saturated heterocycles. The molecule has 3 aromatic rings. The van der Waals surface area contributed by atoms with Crippen molar-refractivity contribution in [2.24, 2.45) is 0 Å². The molecule has 5 nitrogen and oxygen atoms in total. The average molecular weight is 346 g/mol. The number of benzene rings is 1. The number of morpholine rings is 1. The van der Waals surface area contributed by atoms with Crippen molar-refractivity contribution in [2.75, 3.05) is 29.5 Å². The first-order valence-electron chi connectivity index (χ1n) is 9.53. The fourth-order valence-electron chi connectivity index (χ4n) is 4.83. The first-order valence-corrected chi connectivity index (χ1v) is 9.53. The quantitative estimate of drug-likeness (QED) is 0.774. The van der Waals surface area contributed by atoms with Gasteiger partial charge in [0.15, 0.2) is 0 Å². The van der Waals surface area contributed by atoms with E-state index in [2.05, 4.69) is 51.2 Å². The highest BCUT2D eigenvalue weighted by molar-refractivity contribution is 5.85. The fraction of sp³-hybridized carbons (Fsp3) is 0.381. The van der Waals surface area contributed by atoms with Crippen LogP contribution in [0, 0.1) is 0 Å². The summed E-state index contributed by atoms with van der Waals surface area (Å²) in [6.07, 6.45) is 4.67. The summed E-state index contributed by atoms with van der Waals surface area (Å²) >= 11 is 0. The normalized spacial score (nSPS) is 24.5. The topological polar surface area (TPSA) is 44.4 Å². The highest BCUT2D eigenvalue weighted by atomic mass is 16.5. The van der Waals surface area contributed by atoms with Gasteiger partial charge in [-0.2, -0.15) is 0 Å². The number of ether oxygens (including phenoxy) is 1. The highest BCUT2D eigenvalue weighted by Gasteiger charge is 2.39. The van der Waals surface area contributed by atoms with Crippen molar-refractivity contribution in [3.8, 4) is 0 Å². The molecule has 0 radical (unpaired) electrons. The van der Waals surface area contributed by atoms with Gasteiger partial charge in [0.05, 0.1) is 37.2 Å². The van der Waals surface area contributed by atoms with Crippen LogP contribution in [-0.2, 0) is 17.7 Å². The van der Waals surface area contributed by atoms with Crippen molar-refractivity contribution in [3.05, 3.63) is 53.9 Å². The van der Waals surface area contributed by atoms with Gasteiger partial charge < -0.3 is 19.5 Å².